The second-order valence-corrected chi connectivity index (χ2v) is 4.22. The number of aliphatic hydroxyl groups is 1. The van der Waals surface area contributed by atoms with Crippen molar-refractivity contribution in [3.05, 3.63) is 0 Å². The molecule has 1 N–H and O–H groups in total. The number of amides is 1. The average Bonchev–Trinajstić information content (AvgIpc) is 2.26. The molecule has 4 nitrogen and oxygen atoms in total. The first kappa shape index (κ1) is 12.5. The van der Waals surface area contributed by atoms with Crippen LogP contribution in [-0.2, 0) is 9.53 Å². The van der Waals surface area contributed by atoms with Crippen LogP contribution in [0.25, 0.3) is 0 Å². The minimum Gasteiger partial charge on any atom is -0.396 e. The van der Waals surface area contributed by atoms with Crippen molar-refractivity contribution in [3.8, 4) is 0 Å². The Morgan fingerprint density at radius 1 is 1.53 bits per heavy atom. The molecular weight excluding hydrogens is 194 g/mol. The topological polar surface area (TPSA) is 49.8 Å². The third-order valence-electron chi connectivity index (χ3n) is 2.77. The summed E-state index contributed by atoms with van der Waals surface area (Å²) in [4.78, 5) is 13.2. The van der Waals surface area contributed by atoms with Crippen LogP contribution < -0.4 is 0 Å². The van der Waals surface area contributed by atoms with Gasteiger partial charge in [0.1, 0.15) is 6.61 Å². The number of nitrogens with zero attached hydrogens (tertiary/aromatic N) is 1. The molecule has 0 aromatic carbocycles. The summed E-state index contributed by atoms with van der Waals surface area (Å²) < 4.78 is 5.05. The second-order valence-electron chi connectivity index (χ2n) is 4.22. The maximum absolute atomic E-state index is 11.3. The van der Waals surface area contributed by atoms with E-state index >= 15 is 0 Å². The Labute approximate surface area is 91.2 Å². The Bertz CT molecular complexity index is 196. The number of ether oxygens (including phenoxy) is 1. The van der Waals surface area contributed by atoms with E-state index in [2.05, 4.69) is 0 Å². The van der Waals surface area contributed by atoms with Gasteiger partial charge in [-0.3, -0.25) is 4.79 Å². The molecule has 1 atom stereocenters. The van der Waals surface area contributed by atoms with E-state index in [0.29, 0.717) is 12.5 Å². The Balaban J connectivity index is 2.06. The lowest BCUT2D eigenvalue weighted by molar-refractivity contribution is -0.142. The molecule has 15 heavy (non-hydrogen) atoms. The monoisotopic (exact) mass is 215 g/mol. The van der Waals surface area contributed by atoms with Crippen LogP contribution in [0.2, 0.25) is 0 Å². The van der Waals surface area contributed by atoms with Gasteiger partial charge in [-0.1, -0.05) is 13.3 Å². The fourth-order valence-electron chi connectivity index (χ4n) is 1.67. The SMILES string of the molecule is CC(CO)CCCCN1CCOCC1=O. The summed E-state index contributed by atoms with van der Waals surface area (Å²) in [6, 6.07) is 0. The lowest BCUT2D eigenvalue weighted by atomic mass is 10.1. The first-order chi connectivity index (χ1) is 7.24. The number of carbonyl (C=O) groups is 1. The summed E-state index contributed by atoms with van der Waals surface area (Å²) in [6.07, 6.45) is 3.14. The van der Waals surface area contributed by atoms with Crippen LogP contribution in [0.4, 0.5) is 0 Å². The van der Waals surface area contributed by atoms with Crippen molar-refractivity contribution in [2.24, 2.45) is 5.92 Å². The van der Waals surface area contributed by atoms with Crippen LogP contribution in [-0.4, -0.2) is 48.8 Å². The third kappa shape index (κ3) is 4.62. The molecule has 4 heteroatoms. The number of hydrogen-bond donors (Lipinski definition) is 1. The van der Waals surface area contributed by atoms with Gasteiger partial charge in [0.15, 0.2) is 0 Å². The van der Waals surface area contributed by atoms with Gasteiger partial charge in [-0.2, -0.15) is 0 Å². The van der Waals surface area contributed by atoms with Gasteiger partial charge in [-0.05, 0) is 18.8 Å². The molecule has 1 rings (SSSR count). The van der Waals surface area contributed by atoms with Gasteiger partial charge in [0.2, 0.25) is 5.91 Å². The van der Waals surface area contributed by atoms with Crippen LogP contribution in [0.15, 0.2) is 0 Å². The standard InChI is InChI=1S/C11H21NO3/c1-10(8-13)4-2-3-5-12-6-7-15-9-11(12)14/h10,13H,2-9H2,1H3. The van der Waals surface area contributed by atoms with Gasteiger partial charge in [0.25, 0.3) is 0 Å². The summed E-state index contributed by atoms with van der Waals surface area (Å²) in [7, 11) is 0. The minimum atomic E-state index is 0.108. The molecule has 0 spiro atoms. The lowest BCUT2D eigenvalue weighted by Crippen LogP contribution is -2.42. The van der Waals surface area contributed by atoms with Crippen molar-refractivity contribution >= 4 is 5.91 Å². The second kappa shape index (κ2) is 6.80. The van der Waals surface area contributed by atoms with E-state index in [1.807, 2.05) is 11.8 Å². The normalized spacial score (nSPS) is 19.3. The third-order valence-corrected chi connectivity index (χ3v) is 2.77. The van der Waals surface area contributed by atoms with Crippen LogP contribution >= 0.6 is 0 Å². The van der Waals surface area contributed by atoms with Crippen molar-refractivity contribution in [1.82, 2.24) is 4.90 Å². The van der Waals surface area contributed by atoms with Gasteiger partial charge in [0, 0.05) is 19.7 Å². The predicted molar refractivity (Wildman–Crippen MR) is 57.5 cm³/mol. The first-order valence-corrected chi connectivity index (χ1v) is 5.70. The predicted octanol–water partition coefficient (Wildman–Crippen LogP) is 0.644. The Hall–Kier alpha value is -0.610. The highest BCUT2D eigenvalue weighted by atomic mass is 16.5. The molecule has 1 heterocycles. The Morgan fingerprint density at radius 3 is 3.00 bits per heavy atom. The van der Waals surface area contributed by atoms with E-state index in [0.717, 1.165) is 32.4 Å². The molecule has 1 amide bonds. The maximum atomic E-state index is 11.3. The lowest BCUT2D eigenvalue weighted by Gasteiger charge is -2.26. The molecule has 1 saturated heterocycles. The van der Waals surface area contributed by atoms with Gasteiger partial charge in [-0.25, -0.2) is 0 Å². The highest BCUT2D eigenvalue weighted by molar-refractivity contribution is 5.77. The molecule has 1 unspecified atom stereocenters. The number of hydrogen-bond acceptors (Lipinski definition) is 3. The van der Waals surface area contributed by atoms with Gasteiger partial charge in [-0.15, -0.1) is 0 Å². The fraction of sp³-hybridized carbons (Fsp3) is 0.909. The van der Waals surface area contributed by atoms with Crippen LogP contribution in [0.1, 0.15) is 26.2 Å². The zero-order valence-electron chi connectivity index (χ0n) is 9.45. The molecular formula is C11H21NO3. The van der Waals surface area contributed by atoms with Crippen molar-refractivity contribution in [2.75, 3.05) is 32.9 Å². The molecule has 0 aromatic rings. The Morgan fingerprint density at radius 2 is 2.33 bits per heavy atom. The number of carbonyl (C=O) groups excluding carboxylic acids is 1. The van der Waals surface area contributed by atoms with E-state index in [1.165, 1.54) is 0 Å². The average molecular weight is 215 g/mol. The quantitative estimate of drug-likeness (QED) is 0.662. The van der Waals surface area contributed by atoms with Crippen molar-refractivity contribution in [3.63, 3.8) is 0 Å². The van der Waals surface area contributed by atoms with Crippen molar-refractivity contribution in [2.45, 2.75) is 26.2 Å². The summed E-state index contributed by atoms with van der Waals surface area (Å²) in [5.74, 6) is 0.488. The fourth-order valence-corrected chi connectivity index (χ4v) is 1.67. The largest absolute Gasteiger partial charge is 0.396 e. The highest BCUT2D eigenvalue weighted by Crippen LogP contribution is 2.08. The van der Waals surface area contributed by atoms with E-state index in [-0.39, 0.29) is 19.1 Å². The minimum absolute atomic E-state index is 0.108. The number of morpholine rings is 1. The molecule has 0 saturated carbocycles. The summed E-state index contributed by atoms with van der Waals surface area (Å²) in [6.45, 7) is 4.77. The highest BCUT2D eigenvalue weighted by Gasteiger charge is 2.17. The molecule has 0 radical (unpaired) electrons. The van der Waals surface area contributed by atoms with E-state index in [4.69, 9.17) is 9.84 Å². The Kier molecular flexibility index (Phi) is 5.65. The van der Waals surface area contributed by atoms with Crippen LogP contribution in [0.3, 0.4) is 0 Å². The number of rotatable bonds is 6. The van der Waals surface area contributed by atoms with E-state index in [1.54, 1.807) is 0 Å². The maximum Gasteiger partial charge on any atom is 0.248 e. The number of aliphatic hydroxyl groups excluding tert-OH is 1. The van der Waals surface area contributed by atoms with Crippen LogP contribution in [0.5, 0.6) is 0 Å². The van der Waals surface area contributed by atoms with Gasteiger partial charge in [0.05, 0.1) is 6.61 Å². The number of unbranched alkanes of at least 4 members (excludes halogenated alkanes) is 1. The van der Waals surface area contributed by atoms with E-state index < -0.39 is 0 Å². The molecule has 0 bridgehead atoms. The van der Waals surface area contributed by atoms with Crippen LogP contribution in [0, 0.1) is 5.92 Å². The molecule has 1 fully saturated rings. The smallest absolute Gasteiger partial charge is 0.248 e. The zero-order valence-corrected chi connectivity index (χ0v) is 9.45. The molecule has 88 valence electrons. The summed E-state index contributed by atoms with van der Waals surface area (Å²) in [5, 5.41) is 8.84. The molecule has 1 aliphatic rings. The summed E-state index contributed by atoms with van der Waals surface area (Å²) >= 11 is 0. The molecule has 0 aromatic heterocycles. The van der Waals surface area contributed by atoms with Crippen molar-refractivity contribution in [1.29, 1.82) is 0 Å². The first-order valence-electron chi connectivity index (χ1n) is 5.70. The van der Waals surface area contributed by atoms with E-state index in [9.17, 15) is 4.79 Å². The molecule has 1 aliphatic heterocycles. The molecule has 0 aliphatic carbocycles. The van der Waals surface area contributed by atoms with Gasteiger partial charge >= 0.3 is 0 Å². The van der Waals surface area contributed by atoms with Gasteiger partial charge < -0.3 is 14.7 Å². The zero-order chi connectivity index (χ0) is 11.1. The summed E-state index contributed by atoms with van der Waals surface area (Å²) in [5.41, 5.74) is 0. The van der Waals surface area contributed by atoms with Crippen molar-refractivity contribution < 1.29 is 14.6 Å².